The Kier molecular flexibility index (Phi) is 7.60. The highest BCUT2D eigenvalue weighted by atomic mass is 35.5. The van der Waals surface area contributed by atoms with Crippen molar-refractivity contribution in [1.82, 2.24) is 19.5 Å². The van der Waals surface area contributed by atoms with Crippen molar-refractivity contribution in [3.05, 3.63) is 113 Å². The molecule has 0 spiro atoms. The average molecular weight is 603 g/mol. The van der Waals surface area contributed by atoms with E-state index >= 15 is 0 Å². The third-order valence-corrected chi connectivity index (χ3v) is 9.30. The van der Waals surface area contributed by atoms with Gasteiger partial charge in [-0.2, -0.15) is 9.97 Å². The number of rotatable bonds is 8. The van der Waals surface area contributed by atoms with Gasteiger partial charge in [-0.15, -0.1) is 11.6 Å². The van der Waals surface area contributed by atoms with Crippen molar-refractivity contribution < 1.29 is 9.47 Å². The molecule has 216 valence electrons. The van der Waals surface area contributed by atoms with Crippen LogP contribution in [0.3, 0.4) is 0 Å². The van der Waals surface area contributed by atoms with Gasteiger partial charge in [-0.1, -0.05) is 98.2 Å². The topological polar surface area (TPSA) is 74.1 Å². The van der Waals surface area contributed by atoms with Gasteiger partial charge in [-0.05, 0) is 42.2 Å². The van der Waals surface area contributed by atoms with Crippen LogP contribution in [0.4, 0.5) is 5.95 Å². The second-order valence-corrected chi connectivity index (χ2v) is 12.0. The molecule has 1 N–H and O–H groups in total. The van der Waals surface area contributed by atoms with Crippen LogP contribution < -0.4 is 10.1 Å². The highest BCUT2D eigenvalue weighted by Crippen LogP contribution is 2.49. The number of imidazole rings is 1. The van der Waals surface area contributed by atoms with Gasteiger partial charge in [-0.25, -0.2) is 4.98 Å². The molecule has 0 aliphatic carbocycles. The minimum absolute atomic E-state index is 0.0173. The summed E-state index contributed by atoms with van der Waals surface area (Å²) in [6, 6.07) is 28.5. The summed E-state index contributed by atoms with van der Waals surface area (Å²) in [4.78, 5) is 13.6. The van der Waals surface area contributed by atoms with Crippen molar-refractivity contribution in [2.45, 2.75) is 49.9 Å². The summed E-state index contributed by atoms with van der Waals surface area (Å²) in [6.45, 7) is 6.24. The minimum Gasteiger partial charge on any atom is -0.497 e. The molecule has 1 aliphatic rings. The number of halogens is 2. The predicted octanol–water partition coefficient (Wildman–Crippen LogP) is 7.83. The van der Waals surface area contributed by atoms with E-state index in [0.29, 0.717) is 17.1 Å². The van der Waals surface area contributed by atoms with Crippen LogP contribution in [0.2, 0.25) is 5.15 Å². The van der Waals surface area contributed by atoms with Crippen molar-refractivity contribution >= 4 is 40.3 Å². The maximum Gasteiger partial charge on any atom is 0.227 e. The van der Waals surface area contributed by atoms with Crippen LogP contribution in [0.15, 0.2) is 91.3 Å². The van der Waals surface area contributed by atoms with Crippen LogP contribution in [0.5, 0.6) is 5.75 Å². The molecule has 1 fully saturated rings. The number of anilines is 1. The first-order valence-corrected chi connectivity index (χ1v) is 14.8. The highest BCUT2D eigenvalue weighted by molar-refractivity contribution is 6.33. The summed E-state index contributed by atoms with van der Waals surface area (Å²) in [6.07, 6.45) is 2.09. The van der Waals surface area contributed by atoms with E-state index < -0.39 is 16.6 Å². The van der Waals surface area contributed by atoms with Gasteiger partial charge < -0.3 is 14.8 Å². The van der Waals surface area contributed by atoms with E-state index in [1.165, 1.54) is 0 Å². The second kappa shape index (κ2) is 11.2. The largest absolute Gasteiger partial charge is 0.497 e. The molecule has 7 nitrogen and oxygen atoms in total. The first kappa shape index (κ1) is 28.5. The van der Waals surface area contributed by atoms with Gasteiger partial charge in [0.1, 0.15) is 16.8 Å². The summed E-state index contributed by atoms with van der Waals surface area (Å²) in [5.41, 5.74) is 3.14. The molecule has 5 aromatic rings. The molecule has 0 saturated carbocycles. The van der Waals surface area contributed by atoms with Gasteiger partial charge in [0.25, 0.3) is 0 Å². The molecule has 0 amide bonds. The molecule has 1 aliphatic heterocycles. The van der Waals surface area contributed by atoms with Crippen LogP contribution >= 0.6 is 23.2 Å². The number of methoxy groups -OCH3 is 1. The van der Waals surface area contributed by atoms with Crippen molar-refractivity contribution in [1.29, 1.82) is 0 Å². The fraction of sp³-hybridized carbons (Fsp3) is 0.303. The summed E-state index contributed by atoms with van der Waals surface area (Å²) < 4.78 is 13.8. The fourth-order valence-electron chi connectivity index (χ4n) is 6.00. The van der Waals surface area contributed by atoms with Gasteiger partial charge in [0.05, 0.1) is 24.4 Å². The van der Waals surface area contributed by atoms with E-state index in [0.717, 1.165) is 28.9 Å². The zero-order valence-corrected chi connectivity index (χ0v) is 25.5. The lowest BCUT2D eigenvalue weighted by atomic mass is 9.77. The number of aromatic nitrogens is 4. The highest BCUT2D eigenvalue weighted by Gasteiger charge is 2.51. The Morgan fingerprint density at radius 1 is 0.952 bits per heavy atom. The maximum absolute atomic E-state index is 7.12. The average Bonchev–Trinajstić information content (AvgIpc) is 3.54. The second-order valence-electron chi connectivity index (χ2n) is 10.9. The van der Waals surface area contributed by atoms with Crippen LogP contribution in [0, 0.1) is 5.92 Å². The predicted molar refractivity (Wildman–Crippen MR) is 167 cm³/mol. The Labute approximate surface area is 255 Å². The summed E-state index contributed by atoms with van der Waals surface area (Å²) in [5, 5.41) is 3.94. The van der Waals surface area contributed by atoms with E-state index in [9.17, 15) is 0 Å². The maximum atomic E-state index is 7.12. The molecule has 42 heavy (non-hydrogen) atoms. The molecule has 3 aromatic carbocycles. The number of ether oxygens (including phenoxy) is 2. The van der Waals surface area contributed by atoms with Gasteiger partial charge in [-0.3, -0.25) is 4.57 Å². The van der Waals surface area contributed by atoms with Crippen LogP contribution in [0.1, 0.15) is 50.1 Å². The lowest BCUT2D eigenvalue weighted by Gasteiger charge is -2.37. The van der Waals surface area contributed by atoms with Gasteiger partial charge >= 0.3 is 0 Å². The van der Waals surface area contributed by atoms with E-state index in [1.807, 2.05) is 72.2 Å². The molecule has 9 heteroatoms. The number of hydrogen-bond donors (Lipinski definition) is 1. The summed E-state index contributed by atoms with van der Waals surface area (Å²) in [7, 11) is 1.66. The number of hydrogen-bond acceptors (Lipinski definition) is 6. The zero-order valence-electron chi connectivity index (χ0n) is 24.0. The number of nitrogens with one attached hydrogen (secondary N) is 1. The normalized spacial score (nSPS) is 22.4. The molecular weight excluding hydrogens is 569 g/mol. The molecule has 6 rings (SSSR count). The molecule has 0 radical (unpaired) electrons. The summed E-state index contributed by atoms with van der Waals surface area (Å²) in [5.74, 6) is 1.23. The van der Waals surface area contributed by atoms with Crippen molar-refractivity contribution in [3.8, 4) is 5.75 Å². The number of benzene rings is 3. The van der Waals surface area contributed by atoms with Gasteiger partial charge in [0.2, 0.25) is 5.95 Å². The molecule has 1 saturated heterocycles. The standard InChI is InChI=1S/C33H33Cl2N5O2/c1-5-26-21(2)32(3,35)30(42-26)40-20-36-27-28(34)37-31(38-29(27)40)39-33(22-12-8-6-9-13-22,23-14-10-7-11-15-23)24-16-18-25(41-4)19-17-24/h6-21,26,30H,5H2,1-4H3,(H,37,38,39)/t21-,26-,30-,32-/m1/s1. The number of nitrogens with zero attached hydrogens (tertiary/aromatic N) is 4. The minimum atomic E-state index is -0.872. The summed E-state index contributed by atoms with van der Waals surface area (Å²) >= 11 is 13.9. The Balaban J connectivity index is 1.54. The third kappa shape index (κ3) is 4.70. The lowest BCUT2D eigenvalue weighted by Crippen LogP contribution is -2.39. The molecule has 3 heterocycles. The fourth-order valence-corrected chi connectivity index (χ4v) is 6.51. The zero-order chi connectivity index (χ0) is 29.5. The third-order valence-electron chi connectivity index (χ3n) is 8.50. The van der Waals surface area contributed by atoms with Crippen LogP contribution in [0.25, 0.3) is 11.2 Å². The Bertz CT molecular complexity index is 1640. The molecular formula is C33H33Cl2N5O2. The first-order valence-electron chi connectivity index (χ1n) is 14.1. The first-order chi connectivity index (χ1) is 20.3. The van der Waals surface area contributed by atoms with Crippen molar-refractivity contribution in [2.24, 2.45) is 5.92 Å². The Morgan fingerprint density at radius 2 is 1.55 bits per heavy atom. The molecule has 2 aromatic heterocycles. The van der Waals surface area contributed by atoms with Crippen molar-refractivity contribution in [2.75, 3.05) is 12.4 Å². The SMILES string of the molecule is CC[C@H]1O[C@@H](n2cnc3c(Cl)nc(NC(c4ccccc4)(c4ccccc4)c4ccc(OC)cc4)nc32)[C@](C)(Cl)[C@@H]1C. The van der Waals surface area contributed by atoms with Crippen LogP contribution in [-0.4, -0.2) is 37.6 Å². The quantitative estimate of drug-likeness (QED) is 0.111. The van der Waals surface area contributed by atoms with Gasteiger partial charge in [0, 0.05) is 5.92 Å². The monoisotopic (exact) mass is 601 g/mol. The van der Waals surface area contributed by atoms with Gasteiger partial charge in [0.15, 0.2) is 17.0 Å². The smallest absolute Gasteiger partial charge is 0.227 e. The molecule has 0 bridgehead atoms. The number of alkyl halides is 1. The van der Waals surface area contributed by atoms with Crippen LogP contribution in [-0.2, 0) is 10.3 Å². The molecule has 4 atom stereocenters. The van der Waals surface area contributed by atoms with E-state index in [1.54, 1.807) is 13.4 Å². The lowest BCUT2D eigenvalue weighted by molar-refractivity contribution is -0.00881. The van der Waals surface area contributed by atoms with E-state index in [2.05, 4.69) is 53.4 Å². The molecule has 0 unspecified atom stereocenters. The van der Waals surface area contributed by atoms with E-state index in [-0.39, 0.29) is 17.2 Å². The Hall–Kier alpha value is -3.65. The Morgan fingerprint density at radius 3 is 2.10 bits per heavy atom. The number of fused-ring (bicyclic) bond motifs is 1. The van der Waals surface area contributed by atoms with Crippen molar-refractivity contribution in [3.63, 3.8) is 0 Å². The van der Waals surface area contributed by atoms with E-state index in [4.69, 9.17) is 37.7 Å².